The number of amides is 1. The first-order valence-corrected chi connectivity index (χ1v) is 5.65. The Labute approximate surface area is 98.6 Å². The van der Waals surface area contributed by atoms with Crippen molar-refractivity contribution in [1.29, 1.82) is 0 Å². The summed E-state index contributed by atoms with van der Waals surface area (Å²) < 4.78 is 13.3. The highest BCUT2D eigenvalue weighted by molar-refractivity contribution is 8.00. The van der Waals surface area contributed by atoms with Crippen molar-refractivity contribution in [2.75, 3.05) is 6.54 Å². The third kappa shape index (κ3) is 3.59. The fourth-order valence-electron chi connectivity index (χ4n) is 1.07. The van der Waals surface area contributed by atoms with Crippen molar-refractivity contribution >= 4 is 17.7 Å². The van der Waals surface area contributed by atoms with E-state index in [1.807, 2.05) is 0 Å². The minimum atomic E-state index is -0.370. The van der Waals surface area contributed by atoms with E-state index in [1.54, 1.807) is 25.1 Å². The van der Waals surface area contributed by atoms with Gasteiger partial charge in [-0.15, -0.1) is 18.2 Å². The van der Waals surface area contributed by atoms with Crippen LogP contribution >= 0.6 is 11.8 Å². The summed E-state index contributed by atoms with van der Waals surface area (Å²) in [5.74, 6) is 1.81. The average Bonchev–Trinajstić information content (AvgIpc) is 2.28. The van der Waals surface area contributed by atoms with Crippen LogP contribution in [0.5, 0.6) is 0 Å². The number of nitrogens with one attached hydrogen (secondary N) is 1. The lowest BCUT2D eigenvalue weighted by Gasteiger charge is -2.10. The summed E-state index contributed by atoms with van der Waals surface area (Å²) in [7, 11) is 0. The van der Waals surface area contributed by atoms with Crippen LogP contribution in [0.2, 0.25) is 0 Å². The third-order valence-corrected chi connectivity index (χ3v) is 3.03. The Hall–Kier alpha value is -1.47. The highest BCUT2D eigenvalue weighted by atomic mass is 32.2. The van der Waals surface area contributed by atoms with Gasteiger partial charge in [-0.2, -0.15) is 0 Å². The van der Waals surface area contributed by atoms with Gasteiger partial charge in [0.25, 0.3) is 0 Å². The van der Waals surface area contributed by atoms with E-state index in [0.717, 1.165) is 0 Å². The highest BCUT2D eigenvalue weighted by Gasteiger charge is 2.15. The van der Waals surface area contributed by atoms with Crippen LogP contribution < -0.4 is 5.32 Å². The van der Waals surface area contributed by atoms with Crippen molar-refractivity contribution in [1.82, 2.24) is 5.32 Å². The maximum atomic E-state index is 13.3. The monoisotopic (exact) mass is 237 g/mol. The molecule has 0 bridgehead atoms. The Kier molecular flexibility index (Phi) is 4.87. The molecule has 0 aliphatic rings. The molecule has 1 rings (SSSR count). The van der Waals surface area contributed by atoms with Crippen LogP contribution in [0.3, 0.4) is 0 Å². The molecule has 1 atom stereocenters. The third-order valence-electron chi connectivity index (χ3n) is 1.87. The molecule has 0 saturated heterocycles. The van der Waals surface area contributed by atoms with Gasteiger partial charge in [0.1, 0.15) is 5.82 Å². The second-order valence-electron chi connectivity index (χ2n) is 3.11. The molecule has 0 aliphatic carbocycles. The maximum Gasteiger partial charge on any atom is 0.233 e. The molecule has 84 valence electrons. The number of benzene rings is 1. The van der Waals surface area contributed by atoms with Gasteiger partial charge in [-0.3, -0.25) is 4.79 Å². The van der Waals surface area contributed by atoms with E-state index in [4.69, 9.17) is 6.42 Å². The Bertz CT molecular complexity index is 414. The summed E-state index contributed by atoms with van der Waals surface area (Å²) in [6.45, 7) is 1.91. The molecule has 1 aromatic carbocycles. The summed E-state index contributed by atoms with van der Waals surface area (Å²) in [5.41, 5.74) is 0. The molecule has 0 radical (unpaired) electrons. The standard InChI is InChI=1S/C12H12FNOS/c1-3-8-14-12(15)9(2)16-11-7-5-4-6-10(11)13/h1,4-7,9H,8H2,2H3,(H,14,15)/t9-/m0/s1. The zero-order valence-electron chi connectivity index (χ0n) is 8.87. The molecule has 1 N–H and O–H groups in total. The van der Waals surface area contributed by atoms with E-state index in [1.165, 1.54) is 17.8 Å². The minimum Gasteiger partial charge on any atom is -0.344 e. The molecule has 16 heavy (non-hydrogen) atoms. The summed E-state index contributed by atoms with van der Waals surface area (Å²) in [4.78, 5) is 11.9. The largest absolute Gasteiger partial charge is 0.344 e. The molecule has 0 fully saturated rings. The summed E-state index contributed by atoms with van der Waals surface area (Å²) in [6, 6.07) is 6.36. The van der Waals surface area contributed by atoms with Gasteiger partial charge >= 0.3 is 0 Å². The van der Waals surface area contributed by atoms with Crippen LogP contribution in [0.1, 0.15) is 6.92 Å². The van der Waals surface area contributed by atoms with Gasteiger partial charge in [0, 0.05) is 4.90 Å². The number of terminal acetylenes is 1. The van der Waals surface area contributed by atoms with Gasteiger partial charge in [-0.1, -0.05) is 18.1 Å². The first-order valence-electron chi connectivity index (χ1n) is 4.77. The molecule has 1 aromatic rings. The zero-order valence-corrected chi connectivity index (χ0v) is 9.68. The molecule has 0 unspecified atom stereocenters. The number of carbonyl (C=O) groups excluding carboxylic acids is 1. The number of halogens is 1. The molecule has 1 amide bonds. The maximum absolute atomic E-state index is 13.3. The quantitative estimate of drug-likeness (QED) is 0.641. The van der Waals surface area contributed by atoms with Gasteiger partial charge in [0.15, 0.2) is 0 Å². The number of thioether (sulfide) groups is 1. The van der Waals surface area contributed by atoms with Crippen LogP contribution in [0.4, 0.5) is 4.39 Å². The fourth-order valence-corrected chi connectivity index (χ4v) is 1.98. The van der Waals surface area contributed by atoms with Gasteiger partial charge in [-0.25, -0.2) is 4.39 Å². The molecule has 0 saturated carbocycles. The summed E-state index contributed by atoms with van der Waals surface area (Å²) >= 11 is 1.17. The van der Waals surface area contributed by atoms with Crippen LogP contribution in [0.15, 0.2) is 29.2 Å². The van der Waals surface area contributed by atoms with Crippen molar-refractivity contribution < 1.29 is 9.18 Å². The van der Waals surface area contributed by atoms with Crippen molar-refractivity contribution in [3.05, 3.63) is 30.1 Å². The minimum absolute atomic E-state index is 0.189. The van der Waals surface area contributed by atoms with E-state index in [-0.39, 0.29) is 23.5 Å². The normalized spacial score (nSPS) is 11.6. The van der Waals surface area contributed by atoms with E-state index in [9.17, 15) is 9.18 Å². The van der Waals surface area contributed by atoms with Crippen LogP contribution in [-0.2, 0) is 4.79 Å². The van der Waals surface area contributed by atoms with Gasteiger partial charge in [0.2, 0.25) is 5.91 Å². The van der Waals surface area contributed by atoms with Crippen LogP contribution in [0.25, 0.3) is 0 Å². The Morgan fingerprint density at radius 2 is 2.31 bits per heavy atom. The number of rotatable bonds is 4. The fraction of sp³-hybridized carbons (Fsp3) is 0.250. The Balaban J connectivity index is 2.58. The van der Waals surface area contributed by atoms with Crippen LogP contribution in [0, 0.1) is 18.2 Å². The SMILES string of the molecule is C#CCNC(=O)[C@H](C)Sc1ccccc1F. The lowest BCUT2D eigenvalue weighted by atomic mass is 10.3. The van der Waals surface area contributed by atoms with Gasteiger partial charge in [-0.05, 0) is 19.1 Å². The van der Waals surface area contributed by atoms with Crippen LogP contribution in [-0.4, -0.2) is 17.7 Å². The second kappa shape index (κ2) is 6.19. The lowest BCUT2D eigenvalue weighted by Crippen LogP contribution is -2.31. The Morgan fingerprint density at radius 1 is 1.62 bits per heavy atom. The lowest BCUT2D eigenvalue weighted by molar-refractivity contribution is -0.120. The Morgan fingerprint density at radius 3 is 2.94 bits per heavy atom. The second-order valence-corrected chi connectivity index (χ2v) is 4.50. The topological polar surface area (TPSA) is 29.1 Å². The number of hydrogen-bond acceptors (Lipinski definition) is 2. The zero-order chi connectivity index (χ0) is 12.0. The van der Waals surface area contributed by atoms with Crippen molar-refractivity contribution in [3.8, 4) is 12.3 Å². The molecule has 0 heterocycles. The first-order chi connectivity index (χ1) is 7.65. The molecular formula is C12H12FNOS. The molecule has 2 nitrogen and oxygen atoms in total. The summed E-state index contributed by atoms with van der Waals surface area (Å²) in [5, 5.41) is 2.18. The van der Waals surface area contributed by atoms with Gasteiger partial charge in [0.05, 0.1) is 11.8 Å². The van der Waals surface area contributed by atoms with E-state index >= 15 is 0 Å². The van der Waals surface area contributed by atoms with E-state index in [2.05, 4.69) is 11.2 Å². The van der Waals surface area contributed by atoms with E-state index < -0.39 is 0 Å². The molecular weight excluding hydrogens is 225 g/mol. The smallest absolute Gasteiger partial charge is 0.233 e. The van der Waals surface area contributed by atoms with E-state index in [0.29, 0.717) is 4.90 Å². The molecule has 0 spiro atoms. The highest BCUT2D eigenvalue weighted by Crippen LogP contribution is 2.25. The van der Waals surface area contributed by atoms with Crippen molar-refractivity contribution in [2.24, 2.45) is 0 Å². The summed E-state index contributed by atoms with van der Waals surface area (Å²) in [6.07, 6.45) is 5.02. The molecule has 0 aliphatic heterocycles. The predicted octanol–water partition coefficient (Wildman–Crippen LogP) is 2.06. The first kappa shape index (κ1) is 12.6. The van der Waals surface area contributed by atoms with Crippen molar-refractivity contribution in [3.63, 3.8) is 0 Å². The van der Waals surface area contributed by atoms with Gasteiger partial charge < -0.3 is 5.32 Å². The number of hydrogen-bond donors (Lipinski definition) is 1. The number of carbonyl (C=O) groups is 1. The average molecular weight is 237 g/mol. The molecule has 0 aromatic heterocycles. The van der Waals surface area contributed by atoms with Crippen molar-refractivity contribution in [2.45, 2.75) is 17.1 Å². The molecule has 4 heteroatoms. The predicted molar refractivity (Wildman–Crippen MR) is 63.6 cm³/mol.